The van der Waals surface area contributed by atoms with Crippen LogP contribution >= 0.6 is 0 Å². The predicted octanol–water partition coefficient (Wildman–Crippen LogP) is 6.36. The molecule has 0 amide bonds. The normalized spacial score (nSPS) is 15.3. The minimum atomic E-state index is -1.01. The highest BCUT2D eigenvalue weighted by atomic mass is 16.6. The van der Waals surface area contributed by atoms with Gasteiger partial charge in [0.05, 0.1) is 43.3 Å². The lowest BCUT2D eigenvalue weighted by atomic mass is 9.92. The number of aromatic nitrogens is 5. The first-order valence-corrected chi connectivity index (χ1v) is 16.5. The third-order valence-corrected chi connectivity index (χ3v) is 8.43. The minimum absolute atomic E-state index is 0.286. The largest absolute Gasteiger partial charge is 0.493 e. The number of esters is 1. The maximum absolute atomic E-state index is 13.3. The van der Waals surface area contributed by atoms with Gasteiger partial charge in [0, 0.05) is 37.5 Å². The lowest BCUT2D eigenvalue weighted by molar-refractivity contribution is -0.164. The average molecular weight is 657 g/mol. The maximum Gasteiger partial charge on any atom is 0.339 e. The first kappa shape index (κ1) is 34.8. The molecule has 0 spiro atoms. The number of ether oxygens (including phenoxy) is 4. The van der Waals surface area contributed by atoms with Gasteiger partial charge in [0.1, 0.15) is 11.6 Å². The Balaban J connectivity index is 1.54. The van der Waals surface area contributed by atoms with Gasteiger partial charge in [0.15, 0.2) is 17.6 Å². The van der Waals surface area contributed by atoms with Crippen molar-refractivity contribution in [3.8, 4) is 11.6 Å². The molecule has 4 aromatic rings. The van der Waals surface area contributed by atoms with Gasteiger partial charge in [-0.2, -0.15) is 9.61 Å². The zero-order chi connectivity index (χ0) is 34.5. The first-order valence-electron chi connectivity index (χ1n) is 16.5. The van der Waals surface area contributed by atoms with Crippen LogP contribution in [-0.2, 0) is 25.4 Å². The van der Waals surface area contributed by atoms with E-state index >= 15 is 0 Å². The van der Waals surface area contributed by atoms with Crippen molar-refractivity contribution in [2.24, 2.45) is 0 Å². The smallest absolute Gasteiger partial charge is 0.339 e. The highest BCUT2D eigenvalue weighted by molar-refractivity contribution is 5.80. The number of carbonyl (C=O) groups excluding carboxylic acids is 1. The molecule has 1 aliphatic rings. The topological polar surface area (TPSA) is 105 Å². The van der Waals surface area contributed by atoms with Gasteiger partial charge in [-0.3, -0.25) is 0 Å². The van der Waals surface area contributed by atoms with Gasteiger partial charge in [0.25, 0.3) is 0 Å². The second-order valence-corrected chi connectivity index (χ2v) is 13.4. The van der Waals surface area contributed by atoms with Gasteiger partial charge in [-0.25, -0.2) is 14.5 Å². The summed E-state index contributed by atoms with van der Waals surface area (Å²) < 4.78 is 27.3. The molecule has 1 saturated heterocycles. The molecule has 3 aromatic heterocycles. The van der Waals surface area contributed by atoms with E-state index in [2.05, 4.69) is 36.1 Å². The summed E-state index contributed by atoms with van der Waals surface area (Å²) in [5, 5.41) is 9.69. The number of para-hydroxylation sites is 1. The summed E-state index contributed by atoms with van der Waals surface area (Å²) in [7, 11) is 1.37. The minimum Gasteiger partial charge on any atom is -0.493 e. The van der Waals surface area contributed by atoms with Gasteiger partial charge >= 0.3 is 5.97 Å². The van der Waals surface area contributed by atoms with Gasteiger partial charge in [-0.15, -0.1) is 18.3 Å². The molecule has 1 fully saturated rings. The Morgan fingerprint density at radius 1 is 1.15 bits per heavy atom. The number of benzene rings is 1. The predicted molar refractivity (Wildman–Crippen MR) is 186 cm³/mol. The average Bonchev–Trinajstić information content (AvgIpc) is 3.70. The number of fused-ring (bicyclic) bond motifs is 1. The summed E-state index contributed by atoms with van der Waals surface area (Å²) in [4.78, 5) is 20.5. The zero-order valence-corrected chi connectivity index (χ0v) is 29.1. The molecule has 5 rings (SSSR count). The standard InChI is InChI=1S/C37H48N6O5/c1-9-11-21-46-29-15-13-12-14-28(29)22-27-24-38-42(25-27)31-23-30-39-26(3)32(33(35(44)45-8)48-36(4,5)6)34(43(30)40-31)41-18-16-37(7,17-19-41)47-20-10-2/h9-10,12-15,23-25,33H,1-2,11,16-22H2,3-8H3. The first-order chi connectivity index (χ1) is 22.9. The van der Waals surface area contributed by atoms with E-state index in [-0.39, 0.29) is 5.60 Å². The summed E-state index contributed by atoms with van der Waals surface area (Å²) in [6.45, 7) is 19.8. The van der Waals surface area contributed by atoms with Gasteiger partial charge in [-0.1, -0.05) is 30.4 Å². The number of hydrogen-bond donors (Lipinski definition) is 0. The highest BCUT2D eigenvalue weighted by Gasteiger charge is 2.38. The molecule has 0 radical (unpaired) electrons. The van der Waals surface area contributed by atoms with E-state index in [1.807, 2.05) is 70.4 Å². The van der Waals surface area contributed by atoms with E-state index in [1.54, 1.807) is 15.3 Å². The zero-order valence-electron chi connectivity index (χ0n) is 29.1. The van der Waals surface area contributed by atoms with Crippen LogP contribution in [0.4, 0.5) is 5.82 Å². The number of piperidine rings is 1. The van der Waals surface area contributed by atoms with Crippen LogP contribution in [0.1, 0.15) is 75.4 Å². The van der Waals surface area contributed by atoms with Gasteiger partial charge in [0.2, 0.25) is 0 Å². The molecule has 1 aliphatic heterocycles. The molecule has 11 nitrogen and oxygen atoms in total. The van der Waals surface area contributed by atoms with Gasteiger partial charge in [-0.05, 0) is 71.1 Å². The molecule has 1 unspecified atom stereocenters. The van der Waals surface area contributed by atoms with Crippen molar-refractivity contribution in [1.82, 2.24) is 24.4 Å². The second-order valence-electron chi connectivity index (χ2n) is 13.4. The van der Waals surface area contributed by atoms with Crippen molar-refractivity contribution in [3.05, 3.63) is 90.4 Å². The summed E-state index contributed by atoms with van der Waals surface area (Å²) in [5.41, 5.74) is 3.09. The number of carbonyl (C=O) groups is 1. The lowest BCUT2D eigenvalue weighted by Crippen LogP contribution is -2.45. The van der Waals surface area contributed by atoms with Crippen LogP contribution in [0.25, 0.3) is 11.5 Å². The van der Waals surface area contributed by atoms with E-state index in [0.29, 0.717) is 55.4 Å². The fraction of sp³-hybridized carbons (Fsp3) is 0.459. The molecule has 0 N–H and O–H groups in total. The Kier molecular flexibility index (Phi) is 10.7. The molecule has 0 saturated carbocycles. The van der Waals surface area contributed by atoms with Crippen molar-refractivity contribution in [3.63, 3.8) is 0 Å². The number of anilines is 1. The number of aryl methyl sites for hydroxylation is 1. The second kappa shape index (κ2) is 14.7. The van der Waals surface area contributed by atoms with Crippen molar-refractivity contribution in [2.75, 3.05) is 38.3 Å². The van der Waals surface area contributed by atoms with Crippen LogP contribution < -0.4 is 9.64 Å². The Bertz CT molecular complexity index is 1740. The molecule has 4 heterocycles. The number of hydrogen-bond acceptors (Lipinski definition) is 9. The van der Waals surface area contributed by atoms with E-state index < -0.39 is 17.7 Å². The Labute approximate surface area is 283 Å². The van der Waals surface area contributed by atoms with Gasteiger partial charge < -0.3 is 23.8 Å². The fourth-order valence-corrected chi connectivity index (χ4v) is 5.95. The maximum atomic E-state index is 13.3. The number of methoxy groups -OCH3 is 1. The van der Waals surface area contributed by atoms with Crippen molar-refractivity contribution in [1.29, 1.82) is 0 Å². The molecule has 0 bridgehead atoms. The monoisotopic (exact) mass is 656 g/mol. The summed E-state index contributed by atoms with van der Waals surface area (Å²) in [5.74, 6) is 1.70. The van der Waals surface area contributed by atoms with Crippen LogP contribution in [0.2, 0.25) is 0 Å². The van der Waals surface area contributed by atoms with Crippen LogP contribution in [0.15, 0.2) is 68.0 Å². The van der Waals surface area contributed by atoms with E-state index in [1.165, 1.54) is 7.11 Å². The fourth-order valence-electron chi connectivity index (χ4n) is 5.95. The Hall–Kier alpha value is -4.48. The SMILES string of the molecule is C=CCCOc1ccccc1Cc1cnn(-c2cc3nc(C)c(C(OC(C)(C)C)C(=O)OC)c(N4CCC(C)(OCC=C)CC4)n3n2)c1. The molecular formula is C37H48N6O5. The molecule has 1 atom stereocenters. The summed E-state index contributed by atoms with van der Waals surface area (Å²) >= 11 is 0. The Morgan fingerprint density at radius 3 is 2.58 bits per heavy atom. The van der Waals surface area contributed by atoms with Crippen molar-refractivity contribution in [2.45, 2.75) is 77.6 Å². The van der Waals surface area contributed by atoms with Crippen LogP contribution in [0, 0.1) is 6.92 Å². The third-order valence-electron chi connectivity index (χ3n) is 8.43. The van der Waals surface area contributed by atoms with Crippen LogP contribution in [-0.4, -0.2) is 75.0 Å². The van der Waals surface area contributed by atoms with E-state index in [4.69, 9.17) is 29.0 Å². The number of nitrogens with zero attached hydrogens (tertiary/aromatic N) is 6. The van der Waals surface area contributed by atoms with Crippen LogP contribution in [0.5, 0.6) is 5.75 Å². The summed E-state index contributed by atoms with van der Waals surface area (Å²) in [6, 6.07) is 9.94. The van der Waals surface area contributed by atoms with E-state index in [9.17, 15) is 4.79 Å². The quantitative estimate of drug-likeness (QED) is 0.0871. The molecule has 1 aromatic carbocycles. The van der Waals surface area contributed by atoms with E-state index in [0.717, 1.165) is 42.0 Å². The Morgan fingerprint density at radius 2 is 1.90 bits per heavy atom. The highest BCUT2D eigenvalue weighted by Crippen LogP contribution is 2.38. The van der Waals surface area contributed by atoms with Crippen molar-refractivity contribution < 1.29 is 23.7 Å². The molecule has 256 valence electrons. The van der Waals surface area contributed by atoms with Crippen LogP contribution in [0.3, 0.4) is 0 Å². The number of rotatable bonds is 14. The molecule has 0 aliphatic carbocycles. The summed E-state index contributed by atoms with van der Waals surface area (Å²) in [6.07, 6.45) is 9.41. The third kappa shape index (κ3) is 7.96. The lowest BCUT2D eigenvalue weighted by Gasteiger charge is -2.41. The molecule has 11 heteroatoms. The van der Waals surface area contributed by atoms with Crippen molar-refractivity contribution >= 4 is 17.4 Å². The molecule has 48 heavy (non-hydrogen) atoms. The molecular weight excluding hydrogens is 608 g/mol.